The Bertz CT molecular complexity index is 2270. The Morgan fingerprint density at radius 1 is 0.738 bits per heavy atom. The van der Waals surface area contributed by atoms with Crippen LogP contribution in [0.3, 0.4) is 0 Å². The average Bonchev–Trinajstić information content (AvgIpc) is 4.12. The van der Waals surface area contributed by atoms with E-state index >= 15 is 0 Å². The van der Waals surface area contributed by atoms with Crippen molar-refractivity contribution in [2.45, 2.75) is 179 Å². The molecule has 1 aliphatic carbocycles. The third-order valence-corrected chi connectivity index (χ3v) is 19.2. The molecule has 5 aliphatic heterocycles. The molecule has 26 atom stereocenters. The van der Waals surface area contributed by atoms with E-state index in [0.29, 0.717) is 6.42 Å². The van der Waals surface area contributed by atoms with E-state index in [-0.39, 0.29) is 52.6 Å². The summed E-state index contributed by atoms with van der Waals surface area (Å²) in [5, 5.41) is 102. The zero-order valence-corrected chi connectivity index (χ0v) is 49.9. The van der Waals surface area contributed by atoms with Crippen LogP contribution in [0, 0.1) is 10.8 Å². The first-order valence-electron chi connectivity index (χ1n) is 25.8. The molecule has 0 spiro atoms. The van der Waals surface area contributed by atoms with Gasteiger partial charge in [0.1, 0.15) is 82.3 Å². The largest absolute Gasteiger partial charge is 0.394 e. The second-order valence-electron chi connectivity index (χ2n) is 20.4. The van der Waals surface area contributed by atoms with Gasteiger partial charge in [0.15, 0.2) is 37.5 Å². The quantitative estimate of drug-likeness (QED) is 0.0119. The minimum atomic E-state index is -4.08. The number of aliphatic hydroxyl groups excluding tert-OH is 5. The van der Waals surface area contributed by atoms with Crippen molar-refractivity contribution < 1.29 is 115 Å². The second-order valence-corrected chi connectivity index (χ2v) is 28.8. The molecule has 458 valence electrons. The first-order valence-corrected chi connectivity index (χ1v) is 33.5. The fraction of sp³-hybridized carbons (Fsp3) is 0.900. The fourth-order valence-electron chi connectivity index (χ4n) is 10.5. The normalized spacial score (nSPS) is 43.6. The van der Waals surface area contributed by atoms with Gasteiger partial charge < -0.3 is 143 Å². The average molecular weight is 1260 g/mol. The SMILES string of the molecule is BC1CC(OP(O)(=S)OCC)C(COP(O)(=S)OC2CC(B)OC2COP(O)(=S)OC2CC(B/C=C/C3(O)C(C)OC(OC4CC(O)(NC(=N)N)C(NC(=N)N)C(O)C4O)C3OC3OC(CO)C(O)C(O)C3NC)OC2COC)O1. The Balaban J connectivity index is 1.12. The molecule has 0 bridgehead atoms. The predicted octanol–water partition coefficient (Wildman–Crippen LogP) is -7.51. The molecule has 80 heavy (non-hydrogen) atoms. The van der Waals surface area contributed by atoms with Crippen LogP contribution in [0.5, 0.6) is 0 Å². The standard InChI is InChI=1S/C40H77B3N7O24P3S3/c1-5-62-75(58,78)72-17-8-25(41)66-23(17)14-63-76(59,79)73-18-9-26(42)67-24(18)15-64-77(60,80)74-19-10-27(68-22(19)13-61-4)43-7-6-39(56)16(2)65-36(34(39)71-35-28(48-3)31(54)30(53)21(12-51)70-35)69-20-11-40(57,50-38(46)47)33(49-37(44)45)32(55)29(20)52/h6-7,16-36,43,48,51-57H,5,8-15,41-42H2,1-4H3,(H,58,78)(H,59,79)(H,60,80)(H4,44,45,49)(H4,46,47,50)/b7-6+. The Labute approximate surface area is 480 Å². The van der Waals surface area contributed by atoms with Crippen LogP contribution in [0.25, 0.3) is 0 Å². The molecule has 0 aromatic rings. The lowest BCUT2D eigenvalue weighted by atomic mass is 9.69. The molecule has 0 radical (unpaired) electrons. The van der Waals surface area contributed by atoms with Crippen LogP contribution in [-0.4, -0.2) is 272 Å². The molecule has 26 unspecified atom stereocenters. The van der Waals surface area contributed by atoms with E-state index in [1.165, 1.54) is 27.2 Å². The van der Waals surface area contributed by atoms with Crippen LogP contribution < -0.4 is 27.4 Å². The molecule has 0 aromatic heterocycles. The highest BCUT2D eigenvalue weighted by Crippen LogP contribution is 2.52. The summed E-state index contributed by atoms with van der Waals surface area (Å²) in [6.45, 7) is -9.68. The van der Waals surface area contributed by atoms with Crippen molar-refractivity contribution in [2.24, 2.45) is 11.5 Å². The zero-order valence-electron chi connectivity index (χ0n) is 44.8. The van der Waals surface area contributed by atoms with Crippen molar-refractivity contribution in [1.29, 1.82) is 10.8 Å². The van der Waals surface area contributed by atoms with Gasteiger partial charge in [-0.2, -0.15) is 0 Å². The van der Waals surface area contributed by atoms with Crippen molar-refractivity contribution in [3.05, 3.63) is 12.1 Å². The highest BCUT2D eigenvalue weighted by molar-refractivity contribution is 8.07. The second kappa shape index (κ2) is 29.0. The summed E-state index contributed by atoms with van der Waals surface area (Å²) in [7, 11) is 6.51. The molecular weight excluding hydrogens is 1180 g/mol. The third-order valence-electron chi connectivity index (χ3n) is 14.3. The van der Waals surface area contributed by atoms with Gasteiger partial charge in [-0.15, -0.1) is 5.98 Å². The smallest absolute Gasteiger partial charge is 0.324 e. The number of guanidine groups is 2. The summed E-state index contributed by atoms with van der Waals surface area (Å²) in [6.07, 6.45) is -19.3. The summed E-state index contributed by atoms with van der Waals surface area (Å²) in [4.78, 5) is 33.0. The number of ether oxygens (including phenoxy) is 8. The van der Waals surface area contributed by atoms with E-state index in [4.69, 9.17) is 123 Å². The number of hydrogen-bond acceptors (Lipinski definition) is 27. The van der Waals surface area contributed by atoms with E-state index in [9.17, 15) is 50.4 Å². The number of nitrogens with two attached hydrogens (primary N) is 2. The molecule has 1 saturated carbocycles. The Morgan fingerprint density at radius 3 is 1.80 bits per heavy atom. The maximum absolute atomic E-state index is 12.6. The van der Waals surface area contributed by atoms with Gasteiger partial charge in [0.05, 0.1) is 69.6 Å². The Hall–Kier alpha value is -0.575. The van der Waals surface area contributed by atoms with Gasteiger partial charge in [-0.1, -0.05) is 6.08 Å². The van der Waals surface area contributed by atoms with Crippen LogP contribution in [0.2, 0.25) is 0 Å². The molecule has 19 N–H and O–H groups in total. The van der Waals surface area contributed by atoms with Gasteiger partial charge in [0.2, 0.25) is 0 Å². The number of hydrogen-bond donors (Lipinski definition) is 17. The maximum Gasteiger partial charge on any atom is 0.324 e. The van der Waals surface area contributed by atoms with Crippen molar-refractivity contribution in [2.75, 3.05) is 47.2 Å². The van der Waals surface area contributed by atoms with E-state index in [2.05, 4.69) is 16.0 Å². The minimum absolute atomic E-state index is 0.00212. The summed E-state index contributed by atoms with van der Waals surface area (Å²) < 4.78 is 82.3. The summed E-state index contributed by atoms with van der Waals surface area (Å²) >= 11 is 15.9. The Morgan fingerprint density at radius 2 is 1.29 bits per heavy atom. The highest BCUT2D eigenvalue weighted by atomic mass is 32.5. The number of likely N-dealkylation sites (N-methyl/N-ethyl adjacent to an activating group) is 1. The molecule has 6 rings (SSSR count). The fourth-order valence-corrected chi connectivity index (χ4v) is 15.1. The van der Waals surface area contributed by atoms with Gasteiger partial charge in [-0.05, 0) is 75.6 Å². The van der Waals surface area contributed by atoms with Gasteiger partial charge in [-0.3, -0.25) is 10.8 Å². The van der Waals surface area contributed by atoms with Gasteiger partial charge in [0, 0.05) is 31.5 Å². The molecule has 5 saturated heterocycles. The first kappa shape index (κ1) is 68.5. The lowest BCUT2D eigenvalue weighted by molar-refractivity contribution is -0.315. The van der Waals surface area contributed by atoms with Gasteiger partial charge in [-0.25, -0.2) is 0 Å². The summed E-state index contributed by atoms with van der Waals surface area (Å²) in [6, 6.07) is -4.11. The topological polar surface area (TPSA) is 467 Å². The van der Waals surface area contributed by atoms with Crippen LogP contribution in [-0.2, 0) is 100 Å². The summed E-state index contributed by atoms with van der Waals surface area (Å²) in [5.41, 5.74) is 6.52. The van der Waals surface area contributed by atoms with Crippen molar-refractivity contribution in [3.8, 4) is 0 Å². The zero-order chi connectivity index (χ0) is 59.3. The molecule has 0 aromatic carbocycles. The van der Waals surface area contributed by atoms with E-state index < -0.39 is 179 Å². The van der Waals surface area contributed by atoms with E-state index in [1.54, 1.807) is 28.6 Å². The molecule has 0 amide bonds. The molecular formula is C40H77B3N7O24P3S3. The predicted molar refractivity (Wildman–Crippen MR) is 298 cm³/mol. The number of nitrogens with one attached hydrogen (secondary N) is 5. The Kier molecular flexibility index (Phi) is 24.8. The maximum atomic E-state index is 12.6. The minimum Gasteiger partial charge on any atom is -0.394 e. The van der Waals surface area contributed by atoms with E-state index in [0.717, 1.165) is 0 Å². The first-order chi connectivity index (χ1) is 37.4. The molecule has 40 heteroatoms. The van der Waals surface area contributed by atoms with Crippen LogP contribution in [0.1, 0.15) is 39.5 Å². The van der Waals surface area contributed by atoms with E-state index in [1.807, 2.05) is 0 Å². The number of aliphatic hydroxyl groups is 7. The van der Waals surface area contributed by atoms with Crippen molar-refractivity contribution in [3.63, 3.8) is 0 Å². The lowest BCUT2D eigenvalue weighted by Crippen LogP contribution is -2.75. The molecule has 6 fully saturated rings. The number of methoxy groups -OCH3 is 1. The van der Waals surface area contributed by atoms with Crippen LogP contribution in [0.4, 0.5) is 0 Å². The molecule has 5 heterocycles. The highest BCUT2D eigenvalue weighted by Gasteiger charge is 2.60. The third kappa shape index (κ3) is 17.6. The van der Waals surface area contributed by atoms with Gasteiger partial charge in [0.25, 0.3) is 0 Å². The summed E-state index contributed by atoms with van der Waals surface area (Å²) in [5.74, 6) is 0.0939. The monoisotopic (exact) mass is 1260 g/mol. The van der Waals surface area contributed by atoms with Crippen LogP contribution >= 0.6 is 20.2 Å². The van der Waals surface area contributed by atoms with Gasteiger partial charge >= 0.3 is 20.2 Å². The van der Waals surface area contributed by atoms with Crippen LogP contribution in [0.15, 0.2) is 12.1 Å². The number of rotatable bonds is 27. The lowest BCUT2D eigenvalue weighted by Gasteiger charge is -2.49. The molecule has 31 nitrogen and oxygen atoms in total. The van der Waals surface area contributed by atoms with Crippen molar-refractivity contribution in [1.82, 2.24) is 16.0 Å². The molecule has 6 aliphatic rings. The van der Waals surface area contributed by atoms with Crippen molar-refractivity contribution >= 4 is 90.5 Å².